The molecule has 6 heteroatoms. The molecule has 1 N–H and O–H groups in total. The number of ketones is 1. The van der Waals surface area contributed by atoms with E-state index in [2.05, 4.69) is 27.3 Å². The third kappa shape index (κ3) is 6.68. The summed E-state index contributed by atoms with van der Waals surface area (Å²) < 4.78 is 5.26. The van der Waals surface area contributed by atoms with Crippen LogP contribution in [0.15, 0.2) is 48.5 Å². The zero-order valence-corrected chi connectivity index (χ0v) is 17.4. The van der Waals surface area contributed by atoms with Crippen LogP contribution in [0.5, 0.6) is 0 Å². The van der Waals surface area contributed by atoms with Gasteiger partial charge in [0.1, 0.15) is 11.4 Å². The quantitative estimate of drug-likeness (QED) is 0.799. The summed E-state index contributed by atoms with van der Waals surface area (Å²) in [5.74, 6) is 0.784. The average molecular weight is 396 g/mol. The van der Waals surface area contributed by atoms with Crippen molar-refractivity contribution >= 4 is 17.7 Å². The molecule has 0 aliphatic carbocycles. The van der Waals surface area contributed by atoms with Crippen molar-refractivity contribution in [3.05, 3.63) is 59.8 Å². The van der Waals surface area contributed by atoms with Crippen LogP contribution in [0, 0.1) is 5.92 Å². The molecule has 1 amide bonds. The first-order chi connectivity index (χ1) is 13.8. The molecule has 1 aromatic heterocycles. The largest absolute Gasteiger partial charge is 0.444 e. The molecule has 3 rings (SSSR count). The number of carbonyl (C=O) groups is 2. The van der Waals surface area contributed by atoms with Crippen LogP contribution in [0.25, 0.3) is 0 Å². The van der Waals surface area contributed by atoms with Crippen LogP contribution in [-0.4, -0.2) is 40.5 Å². The van der Waals surface area contributed by atoms with E-state index >= 15 is 0 Å². The van der Waals surface area contributed by atoms with Gasteiger partial charge in [0.05, 0.1) is 6.54 Å². The molecule has 0 saturated carbocycles. The van der Waals surface area contributed by atoms with E-state index in [4.69, 9.17) is 4.74 Å². The van der Waals surface area contributed by atoms with E-state index in [1.807, 2.05) is 51.1 Å². The number of pyridine rings is 1. The first-order valence-electron chi connectivity index (χ1n) is 10.0. The van der Waals surface area contributed by atoms with Crippen LogP contribution in [-0.2, 0) is 22.5 Å². The van der Waals surface area contributed by atoms with Crippen molar-refractivity contribution in [3.63, 3.8) is 0 Å². The van der Waals surface area contributed by atoms with Gasteiger partial charge in [-0.15, -0.1) is 0 Å². The van der Waals surface area contributed by atoms with E-state index in [1.54, 1.807) is 6.07 Å². The Hall–Kier alpha value is -2.73. The first-order valence-corrected chi connectivity index (χ1v) is 10.0. The fraction of sp³-hybridized carbons (Fsp3) is 0.435. The Bertz CT molecular complexity index is 846. The number of aryl methyl sites for hydroxylation is 1. The number of nitrogens with zero attached hydrogens (tertiary/aromatic N) is 2. The van der Waals surface area contributed by atoms with E-state index in [1.165, 1.54) is 5.56 Å². The average Bonchev–Trinajstić information content (AvgIpc) is 2.98. The van der Waals surface area contributed by atoms with Gasteiger partial charge in [-0.3, -0.25) is 15.0 Å². The minimum Gasteiger partial charge on any atom is -0.444 e. The smallest absolute Gasteiger partial charge is 0.413 e. The van der Waals surface area contributed by atoms with E-state index in [9.17, 15) is 9.59 Å². The van der Waals surface area contributed by atoms with Crippen molar-refractivity contribution in [1.29, 1.82) is 0 Å². The molecular weight excluding hydrogens is 366 g/mol. The summed E-state index contributed by atoms with van der Waals surface area (Å²) in [5, 5.41) is 2.66. The molecule has 1 unspecified atom stereocenters. The second-order valence-corrected chi connectivity index (χ2v) is 8.50. The Balaban J connectivity index is 1.51. The summed E-state index contributed by atoms with van der Waals surface area (Å²) in [7, 11) is 0. The van der Waals surface area contributed by atoms with Gasteiger partial charge >= 0.3 is 6.09 Å². The maximum Gasteiger partial charge on any atom is 0.413 e. The van der Waals surface area contributed by atoms with E-state index in [0.717, 1.165) is 25.2 Å². The summed E-state index contributed by atoms with van der Waals surface area (Å²) in [6.07, 6.45) is 0.927. The SMILES string of the molecule is CC(C)(C)OC(=O)Nc1cccc(CCC2CN(Cc3ccccc3)CC2=O)n1. The zero-order chi connectivity index (χ0) is 20.9. The highest BCUT2D eigenvalue weighted by Gasteiger charge is 2.30. The zero-order valence-electron chi connectivity index (χ0n) is 17.4. The van der Waals surface area contributed by atoms with Crippen LogP contribution in [0.4, 0.5) is 10.6 Å². The van der Waals surface area contributed by atoms with Crippen molar-refractivity contribution in [2.24, 2.45) is 5.92 Å². The lowest BCUT2D eigenvalue weighted by molar-refractivity contribution is -0.120. The summed E-state index contributed by atoms with van der Waals surface area (Å²) in [5.41, 5.74) is 1.52. The second-order valence-electron chi connectivity index (χ2n) is 8.50. The van der Waals surface area contributed by atoms with Gasteiger partial charge in [-0.25, -0.2) is 9.78 Å². The van der Waals surface area contributed by atoms with Gasteiger partial charge in [0.25, 0.3) is 0 Å². The molecule has 1 atom stereocenters. The number of hydrogen-bond acceptors (Lipinski definition) is 5. The van der Waals surface area contributed by atoms with Crippen molar-refractivity contribution in [2.75, 3.05) is 18.4 Å². The predicted molar refractivity (Wildman–Crippen MR) is 113 cm³/mol. The highest BCUT2D eigenvalue weighted by Crippen LogP contribution is 2.21. The molecule has 2 aromatic rings. The highest BCUT2D eigenvalue weighted by atomic mass is 16.6. The molecule has 1 saturated heterocycles. The van der Waals surface area contributed by atoms with Gasteiger partial charge in [-0.05, 0) is 51.3 Å². The number of carbonyl (C=O) groups excluding carboxylic acids is 2. The van der Waals surface area contributed by atoms with E-state index in [0.29, 0.717) is 24.6 Å². The Morgan fingerprint density at radius 1 is 1.17 bits per heavy atom. The number of Topliss-reactive ketones (excluding diaryl/α,β-unsaturated/α-hetero) is 1. The van der Waals surface area contributed by atoms with Gasteiger partial charge in [0, 0.05) is 24.7 Å². The van der Waals surface area contributed by atoms with Gasteiger partial charge in [-0.1, -0.05) is 36.4 Å². The summed E-state index contributed by atoms with van der Waals surface area (Å²) in [6, 6.07) is 15.7. The van der Waals surface area contributed by atoms with Crippen LogP contribution < -0.4 is 5.32 Å². The minimum absolute atomic E-state index is 0.0305. The lowest BCUT2D eigenvalue weighted by Gasteiger charge is -2.19. The fourth-order valence-corrected chi connectivity index (χ4v) is 3.46. The Labute approximate surface area is 172 Å². The second kappa shape index (κ2) is 9.18. The molecule has 1 aliphatic rings. The maximum atomic E-state index is 12.4. The normalized spacial score (nSPS) is 17.3. The van der Waals surface area contributed by atoms with Crippen LogP contribution in [0.3, 0.4) is 0 Å². The standard InChI is InChI=1S/C23H29N3O3/c1-23(2,3)29-22(28)25-21-11-7-10-19(24-21)13-12-18-15-26(16-20(18)27)14-17-8-5-4-6-9-17/h4-11,18H,12-16H2,1-3H3,(H,24,25,28). The van der Waals surface area contributed by atoms with E-state index < -0.39 is 11.7 Å². The van der Waals surface area contributed by atoms with Gasteiger partial charge in [0.2, 0.25) is 0 Å². The Morgan fingerprint density at radius 3 is 2.66 bits per heavy atom. The van der Waals surface area contributed by atoms with Gasteiger partial charge < -0.3 is 4.74 Å². The lowest BCUT2D eigenvalue weighted by Crippen LogP contribution is -2.27. The minimum atomic E-state index is -0.559. The lowest BCUT2D eigenvalue weighted by atomic mass is 10.00. The maximum absolute atomic E-state index is 12.4. The molecule has 29 heavy (non-hydrogen) atoms. The number of hydrogen-bond donors (Lipinski definition) is 1. The number of benzene rings is 1. The molecule has 2 heterocycles. The number of nitrogens with one attached hydrogen (secondary N) is 1. The van der Waals surface area contributed by atoms with Crippen molar-refractivity contribution in [1.82, 2.24) is 9.88 Å². The van der Waals surface area contributed by atoms with Crippen molar-refractivity contribution in [2.45, 2.75) is 45.8 Å². The van der Waals surface area contributed by atoms with Gasteiger partial charge in [0.15, 0.2) is 5.78 Å². The number of anilines is 1. The molecule has 0 radical (unpaired) electrons. The number of ether oxygens (including phenoxy) is 1. The molecule has 1 fully saturated rings. The monoisotopic (exact) mass is 395 g/mol. The van der Waals surface area contributed by atoms with Crippen molar-refractivity contribution in [3.8, 4) is 0 Å². The Morgan fingerprint density at radius 2 is 1.93 bits per heavy atom. The summed E-state index contributed by atoms with van der Waals surface area (Å²) >= 11 is 0. The van der Waals surface area contributed by atoms with Crippen LogP contribution in [0.1, 0.15) is 38.4 Å². The topological polar surface area (TPSA) is 71.5 Å². The predicted octanol–water partition coefficient (Wildman–Crippen LogP) is 4.06. The molecule has 0 bridgehead atoms. The third-order valence-electron chi connectivity index (χ3n) is 4.75. The number of amides is 1. The van der Waals surface area contributed by atoms with Crippen LogP contribution in [0.2, 0.25) is 0 Å². The molecule has 0 spiro atoms. The van der Waals surface area contributed by atoms with E-state index in [-0.39, 0.29) is 5.92 Å². The number of likely N-dealkylation sites (tertiary alicyclic amines) is 1. The van der Waals surface area contributed by atoms with Gasteiger partial charge in [-0.2, -0.15) is 0 Å². The molecular formula is C23H29N3O3. The summed E-state index contributed by atoms with van der Waals surface area (Å²) in [4.78, 5) is 31.0. The first kappa shape index (κ1) is 21.0. The molecule has 1 aromatic carbocycles. The molecule has 1 aliphatic heterocycles. The molecule has 6 nitrogen and oxygen atoms in total. The third-order valence-corrected chi connectivity index (χ3v) is 4.75. The Kier molecular flexibility index (Phi) is 6.64. The fourth-order valence-electron chi connectivity index (χ4n) is 3.46. The van der Waals surface area contributed by atoms with Crippen LogP contribution >= 0.6 is 0 Å². The number of aromatic nitrogens is 1. The highest BCUT2D eigenvalue weighted by molar-refractivity contribution is 5.85. The summed E-state index contributed by atoms with van der Waals surface area (Å²) in [6.45, 7) is 7.54. The van der Waals surface area contributed by atoms with Crippen molar-refractivity contribution < 1.29 is 14.3 Å². The molecule has 154 valence electrons. The number of rotatable bonds is 6.